The van der Waals surface area contributed by atoms with Gasteiger partial charge in [0.05, 0.1) is 6.10 Å². The second-order valence-electron chi connectivity index (χ2n) is 6.59. The first-order valence-electron chi connectivity index (χ1n) is 8.37. The lowest BCUT2D eigenvalue weighted by molar-refractivity contribution is 0.0437. The van der Waals surface area contributed by atoms with Gasteiger partial charge in [0.15, 0.2) is 0 Å². The molecular formula is C16H23N3O2S. The second-order valence-corrected chi connectivity index (χ2v) is 7.74. The lowest BCUT2D eigenvalue weighted by Crippen LogP contribution is -2.44. The summed E-state index contributed by atoms with van der Waals surface area (Å²) < 4.78 is 5.75. The maximum atomic E-state index is 13.0. The number of thioether (sulfide) groups is 1. The van der Waals surface area contributed by atoms with Crippen molar-refractivity contribution in [1.82, 2.24) is 15.1 Å². The van der Waals surface area contributed by atoms with Crippen LogP contribution in [-0.4, -0.2) is 57.8 Å². The fraction of sp³-hybridized carbons (Fsp3) is 0.750. The third-order valence-corrected chi connectivity index (χ3v) is 6.01. The number of aromatic amines is 1. The molecule has 0 bridgehead atoms. The van der Waals surface area contributed by atoms with E-state index in [0.29, 0.717) is 17.7 Å². The number of carbonyl (C=O) groups is 1. The summed E-state index contributed by atoms with van der Waals surface area (Å²) in [6, 6.07) is 2.30. The zero-order valence-corrected chi connectivity index (χ0v) is 13.6. The number of hydrogen-bond donors (Lipinski definition) is 1. The SMILES string of the molecule is O=C(c1cc(C2CC2)[nH]n1)N(C[C@H]1CCCO1)[C@@H]1CCSC1. The molecule has 3 aliphatic rings. The average Bonchev–Trinajstić information content (AvgIpc) is 3.02. The van der Waals surface area contributed by atoms with E-state index in [1.54, 1.807) is 0 Å². The molecule has 120 valence electrons. The van der Waals surface area contributed by atoms with Gasteiger partial charge in [0.2, 0.25) is 0 Å². The number of rotatable bonds is 5. The van der Waals surface area contributed by atoms with Crippen molar-refractivity contribution in [3.8, 4) is 0 Å². The molecule has 0 radical (unpaired) electrons. The summed E-state index contributed by atoms with van der Waals surface area (Å²) in [5, 5.41) is 7.33. The molecule has 5 nitrogen and oxygen atoms in total. The maximum absolute atomic E-state index is 13.0. The van der Waals surface area contributed by atoms with Crippen molar-refractivity contribution < 1.29 is 9.53 Å². The Morgan fingerprint density at radius 1 is 1.41 bits per heavy atom. The fourth-order valence-corrected chi connectivity index (χ4v) is 4.59. The summed E-state index contributed by atoms with van der Waals surface area (Å²) in [7, 11) is 0. The molecule has 1 aromatic heterocycles. The first kappa shape index (κ1) is 14.6. The molecule has 1 saturated carbocycles. The summed E-state index contributed by atoms with van der Waals surface area (Å²) in [5.74, 6) is 2.86. The molecule has 22 heavy (non-hydrogen) atoms. The molecule has 3 fully saturated rings. The number of H-pyrrole nitrogens is 1. The predicted octanol–water partition coefficient (Wildman–Crippen LogP) is 2.41. The Morgan fingerprint density at radius 2 is 2.32 bits per heavy atom. The van der Waals surface area contributed by atoms with E-state index in [9.17, 15) is 4.79 Å². The molecule has 1 aromatic rings. The maximum Gasteiger partial charge on any atom is 0.274 e. The van der Waals surface area contributed by atoms with Crippen LogP contribution in [0.15, 0.2) is 6.07 Å². The Balaban J connectivity index is 1.50. The summed E-state index contributed by atoms with van der Waals surface area (Å²) in [6.07, 6.45) is 5.90. The van der Waals surface area contributed by atoms with Crippen molar-refractivity contribution in [2.45, 2.75) is 50.2 Å². The second kappa shape index (κ2) is 6.24. The molecule has 2 saturated heterocycles. The third kappa shape index (κ3) is 3.04. The van der Waals surface area contributed by atoms with E-state index in [2.05, 4.69) is 10.2 Å². The monoisotopic (exact) mass is 321 g/mol. The summed E-state index contributed by atoms with van der Waals surface area (Å²) in [6.45, 7) is 1.55. The van der Waals surface area contributed by atoms with Gasteiger partial charge in [-0.25, -0.2) is 0 Å². The minimum absolute atomic E-state index is 0.0751. The molecule has 2 aliphatic heterocycles. The van der Waals surface area contributed by atoms with Crippen molar-refractivity contribution in [2.75, 3.05) is 24.7 Å². The Bertz CT molecular complexity index is 531. The van der Waals surface area contributed by atoms with Gasteiger partial charge in [-0.1, -0.05) is 0 Å². The van der Waals surface area contributed by atoms with Gasteiger partial charge in [-0.3, -0.25) is 9.89 Å². The number of nitrogens with one attached hydrogen (secondary N) is 1. The standard InChI is InChI=1S/C16H23N3O2S/c20-16(15-8-14(17-18-15)11-3-4-11)19(12-5-7-22-10-12)9-13-2-1-6-21-13/h8,11-13H,1-7,9-10H2,(H,17,18)/t12-,13-/m1/s1. The van der Waals surface area contributed by atoms with Gasteiger partial charge < -0.3 is 9.64 Å². The van der Waals surface area contributed by atoms with Crippen molar-refractivity contribution >= 4 is 17.7 Å². The predicted molar refractivity (Wildman–Crippen MR) is 86.3 cm³/mol. The molecule has 0 unspecified atom stereocenters. The highest BCUT2D eigenvalue weighted by atomic mass is 32.2. The zero-order chi connectivity index (χ0) is 14.9. The largest absolute Gasteiger partial charge is 0.376 e. The van der Waals surface area contributed by atoms with Crippen LogP contribution in [-0.2, 0) is 4.74 Å². The Morgan fingerprint density at radius 3 is 3.00 bits per heavy atom. The van der Waals surface area contributed by atoms with Gasteiger partial charge in [-0.05, 0) is 43.9 Å². The molecule has 1 N–H and O–H groups in total. The third-order valence-electron chi connectivity index (χ3n) is 4.87. The molecule has 0 aromatic carbocycles. The van der Waals surface area contributed by atoms with Crippen LogP contribution in [0.3, 0.4) is 0 Å². The fourth-order valence-electron chi connectivity index (χ4n) is 3.37. The number of aromatic nitrogens is 2. The Hall–Kier alpha value is -1.01. The van der Waals surface area contributed by atoms with Crippen LogP contribution in [0.25, 0.3) is 0 Å². The Kier molecular flexibility index (Phi) is 4.13. The molecule has 3 heterocycles. The van der Waals surface area contributed by atoms with Crippen molar-refractivity contribution in [2.24, 2.45) is 0 Å². The minimum Gasteiger partial charge on any atom is -0.376 e. The van der Waals surface area contributed by atoms with Crippen molar-refractivity contribution in [3.63, 3.8) is 0 Å². The van der Waals surface area contributed by atoms with Gasteiger partial charge in [0.25, 0.3) is 5.91 Å². The van der Waals surface area contributed by atoms with Gasteiger partial charge in [-0.15, -0.1) is 0 Å². The first-order valence-corrected chi connectivity index (χ1v) is 9.52. The van der Waals surface area contributed by atoms with Crippen molar-refractivity contribution in [3.05, 3.63) is 17.5 Å². The van der Waals surface area contributed by atoms with Crippen LogP contribution in [0, 0.1) is 0 Å². The molecule has 1 amide bonds. The van der Waals surface area contributed by atoms with Gasteiger partial charge >= 0.3 is 0 Å². The highest BCUT2D eigenvalue weighted by Crippen LogP contribution is 2.39. The lowest BCUT2D eigenvalue weighted by Gasteiger charge is -2.30. The molecule has 2 atom stereocenters. The van der Waals surface area contributed by atoms with E-state index in [1.807, 2.05) is 22.7 Å². The zero-order valence-electron chi connectivity index (χ0n) is 12.8. The van der Waals surface area contributed by atoms with Crippen LogP contribution in [0.1, 0.15) is 54.2 Å². The summed E-state index contributed by atoms with van der Waals surface area (Å²) >= 11 is 1.94. The summed E-state index contributed by atoms with van der Waals surface area (Å²) in [4.78, 5) is 15.0. The van der Waals surface area contributed by atoms with Gasteiger partial charge in [0.1, 0.15) is 5.69 Å². The molecule has 0 spiro atoms. The quantitative estimate of drug-likeness (QED) is 0.905. The van der Waals surface area contributed by atoms with E-state index >= 15 is 0 Å². The van der Waals surface area contributed by atoms with E-state index in [1.165, 1.54) is 12.8 Å². The average molecular weight is 321 g/mol. The highest BCUT2D eigenvalue weighted by molar-refractivity contribution is 7.99. The molecule has 1 aliphatic carbocycles. The number of nitrogens with zero attached hydrogens (tertiary/aromatic N) is 2. The number of hydrogen-bond acceptors (Lipinski definition) is 4. The molecule has 4 rings (SSSR count). The normalized spacial score (nSPS) is 28.2. The number of amides is 1. The van der Waals surface area contributed by atoms with Crippen molar-refractivity contribution in [1.29, 1.82) is 0 Å². The van der Waals surface area contributed by atoms with Crippen LogP contribution < -0.4 is 0 Å². The summed E-state index contributed by atoms with van der Waals surface area (Å²) in [5.41, 5.74) is 1.71. The Labute approximate surface area is 135 Å². The van der Waals surface area contributed by atoms with E-state index in [4.69, 9.17) is 4.74 Å². The van der Waals surface area contributed by atoms with Crippen LogP contribution >= 0.6 is 11.8 Å². The van der Waals surface area contributed by atoms with Gasteiger partial charge in [-0.2, -0.15) is 16.9 Å². The molecular weight excluding hydrogens is 298 g/mol. The smallest absolute Gasteiger partial charge is 0.274 e. The topological polar surface area (TPSA) is 58.2 Å². The number of carbonyl (C=O) groups excluding carboxylic acids is 1. The van der Waals surface area contributed by atoms with Crippen LogP contribution in [0.5, 0.6) is 0 Å². The van der Waals surface area contributed by atoms with Crippen LogP contribution in [0.2, 0.25) is 0 Å². The first-order chi connectivity index (χ1) is 10.8. The van der Waals surface area contributed by atoms with E-state index in [0.717, 1.165) is 49.6 Å². The number of ether oxygens (including phenoxy) is 1. The molecule has 6 heteroatoms. The van der Waals surface area contributed by atoms with Gasteiger partial charge in [0, 0.05) is 36.6 Å². The van der Waals surface area contributed by atoms with Crippen LogP contribution in [0.4, 0.5) is 0 Å². The lowest BCUT2D eigenvalue weighted by atomic mass is 10.1. The minimum atomic E-state index is 0.0751. The highest BCUT2D eigenvalue weighted by Gasteiger charge is 2.33. The van der Waals surface area contributed by atoms with E-state index in [-0.39, 0.29) is 12.0 Å². The van der Waals surface area contributed by atoms with E-state index < -0.39 is 0 Å².